The normalized spacial score (nSPS) is 26.3. The predicted octanol–water partition coefficient (Wildman–Crippen LogP) is 2.82. The van der Waals surface area contributed by atoms with Crippen LogP contribution in [0.1, 0.15) is 29.9 Å². The molecule has 1 saturated carbocycles. The molecule has 2 saturated heterocycles. The minimum Gasteiger partial charge on any atom is -0.378 e. The van der Waals surface area contributed by atoms with Crippen LogP contribution in [0.4, 0.5) is 19.1 Å². The Morgan fingerprint density at radius 2 is 1.90 bits per heavy atom. The number of hydrogen-bond acceptors (Lipinski definition) is 5. The molecule has 1 aromatic heterocycles. The Kier molecular flexibility index (Phi) is 5.52. The number of anilines is 1. The summed E-state index contributed by atoms with van der Waals surface area (Å²) in [5.41, 5.74) is 0.849. The highest BCUT2D eigenvalue weighted by Gasteiger charge is 2.55. The Bertz CT molecular complexity index is 808. The van der Waals surface area contributed by atoms with E-state index in [1.54, 1.807) is 18.5 Å². The fourth-order valence-corrected chi connectivity index (χ4v) is 4.28. The second kappa shape index (κ2) is 7.95. The topological polar surface area (TPSA) is 55.2 Å². The molecule has 1 N–H and O–H groups in total. The van der Waals surface area contributed by atoms with Gasteiger partial charge in [-0.05, 0) is 48.4 Å². The zero-order chi connectivity index (χ0) is 20.5. The maximum Gasteiger partial charge on any atom is 0.416 e. The van der Waals surface area contributed by atoms with Crippen LogP contribution in [0, 0.1) is 5.41 Å². The van der Waals surface area contributed by atoms with Gasteiger partial charge in [-0.25, -0.2) is 0 Å². The molecule has 1 aliphatic carbocycles. The molecule has 3 aliphatic rings. The average molecular weight is 409 g/mol. The van der Waals surface area contributed by atoms with Crippen molar-refractivity contribution in [3.63, 3.8) is 0 Å². The number of nitrogens with zero attached hydrogens (tertiary/aromatic N) is 4. The van der Waals surface area contributed by atoms with Crippen LogP contribution >= 0.6 is 0 Å². The van der Waals surface area contributed by atoms with Gasteiger partial charge in [0, 0.05) is 26.7 Å². The molecular weight excluding hydrogens is 383 g/mol. The minimum atomic E-state index is -4.23. The Morgan fingerprint density at radius 1 is 1.17 bits per heavy atom. The van der Waals surface area contributed by atoms with Crippen molar-refractivity contribution in [1.82, 2.24) is 20.1 Å². The fourth-order valence-electron chi connectivity index (χ4n) is 4.28. The highest BCUT2D eigenvalue weighted by atomic mass is 19.4. The smallest absolute Gasteiger partial charge is 0.378 e. The van der Waals surface area contributed by atoms with Crippen LogP contribution < -0.4 is 10.2 Å². The molecule has 3 fully saturated rings. The number of aromatic nitrogens is 3. The number of aryl methyl sites for hydroxylation is 1. The van der Waals surface area contributed by atoms with Crippen molar-refractivity contribution >= 4 is 5.95 Å². The number of hydrogen-bond donors (Lipinski definition) is 1. The number of morpholine rings is 1. The molecule has 158 valence electrons. The summed E-state index contributed by atoms with van der Waals surface area (Å²) >= 11 is 0. The molecule has 6 nitrogen and oxygen atoms in total. The highest BCUT2D eigenvalue weighted by Crippen LogP contribution is 2.62. The average Bonchev–Trinajstić information content (AvgIpc) is 3.01. The van der Waals surface area contributed by atoms with E-state index in [1.165, 1.54) is 12.1 Å². The Morgan fingerprint density at radius 3 is 2.45 bits per heavy atom. The van der Waals surface area contributed by atoms with Crippen molar-refractivity contribution in [2.45, 2.75) is 24.9 Å². The predicted molar refractivity (Wildman–Crippen MR) is 103 cm³/mol. The van der Waals surface area contributed by atoms with Gasteiger partial charge in [0.1, 0.15) is 6.33 Å². The van der Waals surface area contributed by atoms with E-state index < -0.39 is 11.7 Å². The van der Waals surface area contributed by atoms with Crippen LogP contribution in [-0.4, -0.2) is 54.2 Å². The first-order chi connectivity index (χ1) is 13.9. The van der Waals surface area contributed by atoms with Gasteiger partial charge in [0.25, 0.3) is 0 Å². The van der Waals surface area contributed by atoms with Crippen molar-refractivity contribution in [3.8, 4) is 0 Å². The molecule has 3 heterocycles. The highest BCUT2D eigenvalue weighted by molar-refractivity contribution is 5.34. The van der Waals surface area contributed by atoms with Crippen molar-refractivity contribution in [3.05, 3.63) is 41.7 Å². The quantitative estimate of drug-likeness (QED) is 0.827. The zero-order valence-corrected chi connectivity index (χ0v) is 16.5. The van der Waals surface area contributed by atoms with E-state index in [4.69, 9.17) is 4.74 Å². The maximum absolute atomic E-state index is 12.4. The number of nitrogens with one attached hydrogen (secondary N) is 1. The summed E-state index contributed by atoms with van der Waals surface area (Å²) in [7, 11) is 1.95. The lowest BCUT2D eigenvalue weighted by Gasteiger charge is -2.26. The van der Waals surface area contributed by atoms with Crippen LogP contribution in [0.2, 0.25) is 0 Å². The standard InChI is InChI=1S/C13H14F3N.C7H12N4O/c14-13(15,16)10-3-1-9(2-4-10)11-7-12(11)5-6-17-8-12;1-10-6-8-9-7(10)11-2-4-12-5-3-11/h1-4,11,17H,5-8H2;6H,2-5H2,1H3. The number of ether oxygens (including phenoxy) is 1. The number of benzene rings is 1. The van der Waals surface area contributed by atoms with Gasteiger partial charge >= 0.3 is 6.18 Å². The van der Waals surface area contributed by atoms with E-state index in [1.807, 2.05) is 11.6 Å². The van der Waals surface area contributed by atoms with Crippen LogP contribution in [0.5, 0.6) is 0 Å². The lowest BCUT2D eigenvalue weighted by atomic mass is 9.97. The second-order valence-electron chi connectivity index (χ2n) is 8.01. The van der Waals surface area contributed by atoms with Crippen molar-refractivity contribution < 1.29 is 17.9 Å². The van der Waals surface area contributed by atoms with Crippen LogP contribution in [0.25, 0.3) is 0 Å². The zero-order valence-electron chi connectivity index (χ0n) is 16.5. The first kappa shape index (κ1) is 20.2. The molecule has 2 unspecified atom stereocenters. The van der Waals surface area contributed by atoms with Crippen LogP contribution in [0.3, 0.4) is 0 Å². The van der Waals surface area contributed by atoms with E-state index in [9.17, 15) is 13.2 Å². The Balaban J connectivity index is 0.000000150. The number of rotatable bonds is 2. The summed E-state index contributed by atoms with van der Waals surface area (Å²) in [6, 6.07) is 5.68. The Hall–Kier alpha value is -2.13. The summed E-state index contributed by atoms with van der Waals surface area (Å²) in [6.45, 7) is 5.44. The molecule has 1 aromatic carbocycles. The molecule has 1 spiro atoms. The van der Waals surface area contributed by atoms with Gasteiger partial charge in [0.15, 0.2) is 0 Å². The SMILES string of the molecule is Cn1cnnc1N1CCOCC1.FC(F)(F)c1ccc(C2CC23CCNC3)cc1. The van der Waals surface area contributed by atoms with Crippen LogP contribution in [-0.2, 0) is 18.0 Å². The molecule has 0 radical (unpaired) electrons. The second-order valence-corrected chi connectivity index (χ2v) is 8.01. The summed E-state index contributed by atoms with van der Waals surface area (Å²) in [6.07, 6.45) is -0.246. The third-order valence-electron chi connectivity index (χ3n) is 6.09. The van der Waals surface area contributed by atoms with E-state index in [2.05, 4.69) is 20.4 Å². The summed E-state index contributed by atoms with van der Waals surface area (Å²) in [5, 5.41) is 11.2. The lowest BCUT2D eigenvalue weighted by molar-refractivity contribution is -0.137. The molecule has 2 aromatic rings. The minimum absolute atomic E-state index is 0.347. The van der Waals surface area contributed by atoms with Gasteiger partial charge in [-0.15, -0.1) is 10.2 Å². The molecule has 9 heteroatoms. The lowest BCUT2D eigenvalue weighted by Crippen LogP contribution is -2.37. The fraction of sp³-hybridized carbons (Fsp3) is 0.600. The Labute approximate surface area is 168 Å². The number of halogens is 3. The monoisotopic (exact) mass is 409 g/mol. The summed E-state index contributed by atoms with van der Waals surface area (Å²) < 4.78 is 44.4. The molecular formula is C20H26F3N5O. The third kappa shape index (κ3) is 4.40. The van der Waals surface area contributed by atoms with Gasteiger partial charge < -0.3 is 19.5 Å². The molecule has 2 aliphatic heterocycles. The van der Waals surface area contributed by atoms with E-state index in [0.29, 0.717) is 11.3 Å². The molecule has 0 bridgehead atoms. The first-order valence-electron chi connectivity index (χ1n) is 9.94. The van der Waals surface area contributed by atoms with Crippen molar-refractivity contribution in [2.75, 3.05) is 44.3 Å². The molecule has 0 amide bonds. The van der Waals surface area contributed by atoms with Gasteiger partial charge in [0.05, 0.1) is 18.8 Å². The van der Waals surface area contributed by atoms with Gasteiger partial charge in [-0.1, -0.05) is 12.1 Å². The molecule has 2 atom stereocenters. The maximum atomic E-state index is 12.4. The molecule has 29 heavy (non-hydrogen) atoms. The summed E-state index contributed by atoms with van der Waals surface area (Å²) in [5.74, 6) is 1.39. The van der Waals surface area contributed by atoms with E-state index >= 15 is 0 Å². The van der Waals surface area contributed by atoms with Gasteiger partial charge in [0.2, 0.25) is 5.95 Å². The largest absolute Gasteiger partial charge is 0.416 e. The van der Waals surface area contributed by atoms with Crippen molar-refractivity contribution in [2.24, 2.45) is 12.5 Å². The van der Waals surface area contributed by atoms with Gasteiger partial charge in [-0.2, -0.15) is 13.2 Å². The van der Waals surface area contributed by atoms with Gasteiger partial charge in [-0.3, -0.25) is 0 Å². The van der Waals surface area contributed by atoms with Crippen LogP contribution in [0.15, 0.2) is 30.6 Å². The first-order valence-corrected chi connectivity index (χ1v) is 9.94. The summed E-state index contributed by atoms with van der Waals surface area (Å²) in [4.78, 5) is 2.18. The van der Waals surface area contributed by atoms with E-state index in [0.717, 1.165) is 63.7 Å². The van der Waals surface area contributed by atoms with E-state index in [-0.39, 0.29) is 0 Å². The number of alkyl halides is 3. The van der Waals surface area contributed by atoms with Crippen molar-refractivity contribution in [1.29, 1.82) is 0 Å². The molecule has 5 rings (SSSR count). The third-order valence-corrected chi connectivity index (χ3v) is 6.09.